The van der Waals surface area contributed by atoms with Crippen molar-refractivity contribution in [2.75, 3.05) is 18.6 Å². The van der Waals surface area contributed by atoms with Crippen molar-refractivity contribution in [3.05, 3.63) is 66.2 Å². The van der Waals surface area contributed by atoms with Crippen molar-refractivity contribution in [3.63, 3.8) is 0 Å². The van der Waals surface area contributed by atoms with Crippen LogP contribution in [0.5, 0.6) is 0 Å². The van der Waals surface area contributed by atoms with Gasteiger partial charge in [0.25, 0.3) is 5.91 Å². The Hall–Kier alpha value is -2.82. The first kappa shape index (κ1) is 15.1. The highest BCUT2D eigenvalue weighted by Crippen LogP contribution is 2.21. The summed E-state index contributed by atoms with van der Waals surface area (Å²) in [4.78, 5) is 27.5. The molecule has 0 radical (unpaired) electrons. The summed E-state index contributed by atoms with van der Waals surface area (Å²) >= 11 is 0. The lowest BCUT2D eigenvalue weighted by Gasteiger charge is -2.27. The number of anilines is 1. The van der Waals surface area contributed by atoms with Gasteiger partial charge in [0.2, 0.25) is 0 Å². The van der Waals surface area contributed by atoms with Crippen molar-refractivity contribution in [1.82, 2.24) is 4.90 Å². The molecule has 1 aliphatic heterocycles. The molecular weight excluding hydrogens is 292 g/mol. The topological polar surface area (TPSA) is 49.9 Å². The van der Waals surface area contributed by atoms with Crippen LogP contribution < -0.4 is 4.90 Å². The van der Waals surface area contributed by atoms with Crippen molar-refractivity contribution in [1.29, 1.82) is 0 Å². The predicted molar refractivity (Wildman–Crippen MR) is 87.0 cm³/mol. The van der Waals surface area contributed by atoms with Crippen LogP contribution in [0, 0.1) is 0 Å². The molecule has 0 saturated carbocycles. The van der Waals surface area contributed by atoms with Crippen LogP contribution in [-0.2, 0) is 16.1 Å². The molecular formula is C18H18N2O3. The molecule has 1 aliphatic rings. The average molecular weight is 310 g/mol. The fourth-order valence-corrected chi connectivity index (χ4v) is 2.58. The van der Waals surface area contributed by atoms with Gasteiger partial charge >= 0.3 is 6.09 Å². The second-order valence-electron chi connectivity index (χ2n) is 5.45. The summed E-state index contributed by atoms with van der Waals surface area (Å²) in [6.07, 6.45) is -0.462. The largest absolute Gasteiger partial charge is 0.447 e. The summed E-state index contributed by atoms with van der Waals surface area (Å²) in [6.45, 7) is 0.536. The molecule has 5 heteroatoms. The van der Waals surface area contributed by atoms with Crippen molar-refractivity contribution in [2.45, 2.75) is 12.6 Å². The van der Waals surface area contributed by atoms with Gasteiger partial charge in [0.05, 0.1) is 6.54 Å². The van der Waals surface area contributed by atoms with Gasteiger partial charge in [0, 0.05) is 12.7 Å². The van der Waals surface area contributed by atoms with Crippen LogP contribution >= 0.6 is 0 Å². The molecule has 1 unspecified atom stereocenters. The summed E-state index contributed by atoms with van der Waals surface area (Å²) in [5, 5.41) is 0. The standard InChI is InChI=1S/C18H18N2O3/c1-19-16(13-23-18(19)22)17(21)20(15-10-6-3-7-11-15)12-14-8-4-2-5-9-14/h2-11,16H,12-13H2,1H3. The number of benzene rings is 2. The Morgan fingerprint density at radius 3 is 2.30 bits per heavy atom. The predicted octanol–water partition coefficient (Wildman–Crippen LogP) is 2.67. The SMILES string of the molecule is CN1C(=O)OCC1C(=O)N(Cc1ccccc1)c1ccccc1. The minimum atomic E-state index is -0.591. The first-order valence-electron chi connectivity index (χ1n) is 7.47. The number of carbonyl (C=O) groups excluding carboxylic acids is 2. The van der Waals surface area contributed by atoms with Crippen LogP contribution in [0.4, 0.5) is 10.5 Å². The number of likely N-dealkylation sites (N-methyl/N-ethyl adjacent to an activating group) is 1. The first-order chi connectivity index (χ1) is 11.2. The Morgan fingerprint density at radius 2 is 1.74 bits per heavy atom. The number of hydrogen-bond donors (Lipinski definition) is 0. The minimum Gasteiger partial charge on any atom is -0.447 e. The van der Waals surface area contributed by atoms with E-state index in [0.717, 1.165) is 11.3 Å². The Labute approximate surface area is 135 Å². The lowest BCUT2D eigenvalue weighted by molar-refractivity contribution is -0.122. The second kappa shape index (κ2) is 6.52. The van der Waals surface area contributed by atoms with Gasteiger partial charge in [-0.05, 0) is 17.7 Å². The number of carbonyl (C=O) groups is 2. The third-order valence-corrected chi connectivity index (χ3v) is 3.92. The van der Waals surface area contributed by atoms with Gasteiger partial charge < -0.3 is 9.64 Å². The van der Waals surface area contributed by atoms with Crippen LogP contribution in [0.15, 0.2) is 60.7 Å². The number of nitrogens with zero attached hydrogens (tertiary/aromatic N) is 2. The van der Waals surface area contributed by atoms with E-state index >= 15 is 0 Å². The van der Waals surface area contributed by atoms with E-state index in [1.807, 2.05) is 60.7 Å². The van der Waals surface area contributed by atoms with Crippen LogP contribution in [0.3, 0.4) is 0 Å². The maximum absolute atomic E-state index is 13.0. The van der Waals surface area contributed by atoms with E-state index in [2.05, 4.69) is 0 Å². The molecule has 1 fully saturated rings. The molecule has 0 aromatic heterocycles. The number of rotatable bonds is 4. The highest BCUT2D eigenvalue weighted by atomic mass is 16.6. The summed E-state index contributed by atoms with van der Waals surface area (Å²) < 4.78 is 4.97. The zero-order chi connectivity index (χ0) is 16.2. The summed E-state index contributed by atoms with van der Waals surface area (Å²) in [5.41, 5.74) is 1.83. The molecule has 2 aromatic carbocycles. The number of ether oxygens (including phenoxy) is 1. The highest BCUT2D eigenvalue weighted by Gasteiger charge is 2.38. The monoisotopic (exact) mass is 310 g/mol. The molecule has 0 aliphatic carbocycles. The maximum atomic E-state index is 13.0. The van der Waals surface area contributed by atoms with Crippen molar-refractivity contribution < 1.29 is 14.3 Å². The van der Waals surface area contributed by atoms with Gasteiger partial charge in [-0.3, -0.25) is 9.69 Å². The maximum Gasteiger partial charge on any atom is 0.410 e. The second-order valence-corrected chi connectivity index (χ2v) is 5.45. The van der Waals surface area contributed by atoms with E-state index in [-0.39, 0.29) is 12.5 Å². The van der Waals surface area contributed by atoms with E-state index in [1.54, 1.807) is 11.9 Å². The molecule has 2 amide bonds. The molecule has 23 heavy (non-hydrogen) atoms. The van der Waals surface area contributed by atoms with Crippen LogP contribution in [-0.4, -0.2) is 36.6 Å². The third-order valence-electron chi connectivity index (χ3n) is 3.92. The molecule has 0 bridgehead atoms. The Kier molecular flexibility index (Phi) is 4.28. The fraction of sp³-hybridized carbons (Fsp3) is 0.222. The van der Waals surface area contributed by atoms with E-state index in [1.165, 1.54) is 4.90 Å². The molecule has 2 aromatic rings. The van der Waals surface area contributed by atoms with Crippen molar-refractivity contribution >= 4 is 17.7 Å². The molecule has 5 nitrogen and oxygen atoms in total. The van der Waals surface area contributed by atoms with E-state index in [4.69, 9.17) is 4.74 Å². The first-order valence-corrected chi connectivity index (χ1v) is 7.47. The molecule has 1 heterocycles. The van der Waals surface area contributed by atoms with E-state index in [9.17, 15) is 9.59 Å². The number of para-hydroxylation sites is 1. The van der Waals surface area contributed by atoms with Crippen LogP contribution in [0.1, 0.15) is 5.56 Å². The van der Waals surface area contributed by atoms with Gasteiger partial charge in [-0.1, -0.05) is 48.5 Å². The lowest BCUT2D eigenvalue weighted by Crippen LogP contribution is -2.46. The highest BCUT2D eigenvalue weighted by molar-refractivity contribution is 5.99. The molecule has 118 valence electrons. The smallest absolute Gasteiger partial charge is 0.410 e. The summed E-state index contributed by atoms with van der Waals surface area (Å²) in [6, 6.07) is 18.6. The molecule has 0 spiro atoms. The Balaban J connectivity index is 1.89. The minimum absolute atomic E-state index is 0.0896. The average Bonchev–Trinajstić information content (AvgIpc) is 2.93. The Bertz CT molecular complexity index is 688. The van der Waals surface area contributed by atoms with E-state index in [0.29, 0.717) is 6.54 Å². The van der Waals surface area contributed by atoms with Crippen molar-refractivity contribution in [2.24, 2.45) is 0 Å². The number of amides is 2. The normalized spacial score (nSPS) is 17.0. The molecule has 1 saturated heterocycles. The van der Waals surface area contributed by atoms with Gasteiger partial charge in [0.1, 0.15) is 12.6 Å². The van der Waals surface area contributed by atoms with Gasteiger partial charge in [0.15, 0.2) is 0 Å². The molecule has 0 N–H and O–H groups in total. The summed E-state index contributed by atoms with van der Waals surface area (Å²) in [5.74, 6) is -0.145. The lowest BCUT2D eigenvalue weighted by atomic mass is 10.1. The van der Waals surface area contributed by atoms with Gasteiger partial charge in [-0.25, -0.2) is 4.79 Å². The van der Waals surface area contributed by atoms with Crippen LogP contribution in [0.25, 0.3) is 0 Å². The zero-order valence-corrected chi connectivity index (χ0v) is 12.9. The number of hydrogen-bond acceptors (Lipinski definition) is 3. The molecule has 3 rings (SSSR count). The fourth-order valence-electron chi connectivity index (χ4n) is 2.58. The third kappa shape index (κ3) is 3.18. The number of cyclic esters (lactones) is 1. The van der Waals surface area contributed by atoms with Gasteiger partial charge in [-0.2, -0.15) is 0 Å². The van der Waals surface area contributed by atoms with Gasteiger partial charge in [-0.15, -0.1) is 0 Å². The van der Waals surface area contributed by atoms with E-state index < -0.39 is 12.1 Å². The summed E-state index contributed by atoms with van der Waals surface area (Å²) in [7, 11) is 1.59. The Morgan fingerprint density at radius 1 is 1.13 bits per heavy atom. The molecule has 1 atom stereocenters. The zero-order valence-electron chi connectivity index (χ0n) is 12.9. The van der Waals surface area contributed by atoms with Crippen molar-refractivity contribution in [3.8, 4) is 0 Å². The quantitative estimate of drug-likeness (QED) is 0.872. The van der Waals surface area contributed by atoms with Crippen LogP contribution in [0.2, 0.25) is 0 Å².